The molecule has 1 nitrogen and oxygen atoms in total. The molecule has 208 valence electrons. The molecular weight excluding hydrogens is 507 g/mol. The van der Waals surface area contributed by atoms with Crippen molar-refractivity contribution in [2.24, 2.45) is 0 Å². The highest BCUT2D eigenvalue weighted by Crippen LogP contribution is 2.42. The van der Waals surface area contributed by atoms with Crippen LogP contribution < -0.4 is 4.74 Å². The first-order valence-electron chi connectivity index (χ1n) is 13.8. The Hall–Kier alpha value is -3.15. The van der Waals surface area contributed by atoms with Gasteiger partial charge < -0.3 is 4.74 Å². The Kier molecular flexibility index (Phi) is 9.82. The molecule has 1 aliphatic carbocycles. The normalized spacial score (nSPS) is 17.6. The van der Waals surface area contributed by atoms with Crippen molar-refractivity contribution in [2.45, 2.75) is 77.0 Å². The number of unbranched alkanes of at least 4 members (excludes halogenated alkanes) is 3. The van der Waals surface area contributed by atoms with Crippen molar-refractivity contribution in [1.82, 2.24) is 0 Å². The average molecular weight is 543 g/mol. The lowest BCUT2D eigenvalue weighted by Crippen LogP contribution is -2.14. The van der Waals surface area contributed by atoms with Crippen molar-refractivity contribution in [2.75, 3.05) is 6.61 Å². The van der Waals surface area contributed by atoms with Gasteiger partial charge in [-0.05, 0) is 85.8 Å². The van der Waals surface area contributed by atoms with Crippen LogP contribution in [0, 0.1) is 36.0 Å². The van der Waals surface area contributed by atoms with E-state index in [1.165, 1.54) is 30.4 Å². The average Bonchev–Trinajstić information content (AvgIpc) is 2.94. The zero-order valence-electron chi connectivity index (χ0n) is 22.5. The molecule has 0 saturated heterocycles. The van der Waals surface area contributed by atoms with Crippen LogP contribution in [-0.4, -0.2) is 6.61 Å². The second kappa shape index (κ2) is 13.3. The van der Waals surface area contributed by atoms with Crippen molar-refractivity contribution >= 4 is 12.2 Å². The van der Waals surface area contributed by atoms with Gasteiger partial charge in [0.15, 0.2) is 23.2 Å². The molecule has 1 aliphatic rings. The molecule has 0 radical (unpaired) electrons. The zero-order chi connectivity index (χ0) is 27.9. The quantitative estimate of drug-likeness (QED) is 0.141. The van der Waals surface area contributed by atoms with E-state index in [1.54, 1.807) is 25.1 Å². The third-order valence-corrected chi connectivity index (χ3v) is 7.74. The second-order valence-corrected chi connectivity index (χ2v) is 10.5. The largest absolute Gasteiger partial charge is 0.490 e. The maximum atomic E-state index is 14.9. The van der Waals surface area contributed by atoms with Gasteiger partial charge in [0.1, 0.15) is 5.82 Å². The van der Waals surface area contributed by atoms with E-state index in [-0.39, 0.29) is 28.7 Å². The summed E-state index contributed by atoms with van der Waals surface area (Å²) in [6.45, 7) is 3.96. The Morgan fingerprint density at radius 1 is 0.718 bits per heavy atom. The Bertz CT molecular complexity index is 1310. The summed E-state index contributed by atoms with van der Waals surface area (Å²) < 4.78 is 77.8. The number of ether oxygens (including phenoxy) is 1. The molecule has 0 aromatic heterocycles. The van der Waals surface area contributed by atoms with Gasteiger partial charge in [0.05, 0.1) is 6.61 Å². The van der Waals surface area contributed by atoms with Crippen LogP contribution in [0.3, 0.4) is 0 Å². The van der Waals surface area contributed by atoms with E-state index in [1.807, 2.05) is 6.07 Å². The van der Waals surface area contributed by atoms with Crippen LogP contribution in [0.5, 0.6) is 5.75 Å². The van der Waals surface area contributed by atoms with Crippen LogP contribution in [0.15, 0.2) is 42.5 Å². The van der Waals surface area contributed by atoms with Gasteiger partial charge in [0.25, 0.3) is 0 Å². The minimum absolute atomic E-state index is 0.00686. The predicted octanol–water partition coefficient (Wildman–Crippen LogP) is 10.3. The van der Waals surface area contributed by atoms with Crippen LogP contribution in [0.2, 0.25) is 0 Å². The van der Waals surface area contributed by atoms with Crippen molar-refractivity contribution in [3.05, 3.63) is 99.4 Å². The molecule has 3 aromatic carbocycles. The highest BCUT2D eigenvalue weighted by molar-refractivity contribution is 5.70. The monoisotopic (exact) mass is 542 g/mol. The molecule has 6 heteroatoms. The lowest BCUT2D eigenvalue weighted by Gasteiger charge is -2.29. The molecule has 0 bridgehead atoms. The molecule has 0 atom stereocenters. The summed E-state index contributed by atoms with van der Waals surface area (Å²) in [6.07, 6.45) is 9.54. The second-order valence-electron chi connectivity index (χ2n) is 10.5. The van der Waals surface area contributed by atoms with Gasteiger partial charge in [-0.25, -0.2) is 17.6 Å². The van der Waals surface area contributed by atoms with Gasteiger partial charge in [-0.2, -0.15) is 4.39 Å². The minimum atomic E-state index is -1.05. The highest BCUT2D eigenvalue weighted by atomic mass is 19.2. The van der Waals surface area contributed by atoms with E-state index in [0.29, 0.717) is 30.6 Å². The summed E-state index contributed by atoms with van der Waals surface area (Å²) in [5, 5.41) is 0. The van der Waals surface area contributed by atoms with E-state index < -0.39 is 29.1 Å². The Labute approximate surface area is 227 Å². The summed E-state index contributed by atoms with van der Waals surface area (Å²) in [6, 6.07) is 11.0. The summed E-state index contributed by atoms with van der Waals surface area (Å²) in [5.41, 5.74) is 1.82. The maximum absolute atomic E-state index is 14.9. The molecule has 0 unspecified atom stereocenters. The molecule has 1 saturated carbocycles. The molecule has 39 heavy (non-hydrogen) atoms. The fraction of sp³-hybridized carbons (Fsp3) is 0.394. The van der Waals surface area contributed by atoms with Crippen molar-refractivity contribution < 1.29 is 26.7 Å². The lowest BCUT2D eigenvalue weighted by atomic mass is 9.76. The molecule has 4 rings (SSSR count). The number of benzene rings is 3. The van der Waals surface area contributed by atoms with Crippen LogP contribution in [0.25, 0.3) is 12.2 Å². The van der Waals surface area contributed by atoms with Crippen molar-refractivity contribution in [3.8, 4) is 5.75 Å². The fourth-order valence-electron chi connectivity index (χ4n) is 5.32. The summed E-state index contributed by atoms with van der Waals surface area (Å²) in [7, 11) is 0. The number of rotatable bonds is 10. The molecule has 0 N–H and O–H groups in total. The third kappa shape index (κ3) is 6.90. The first-order valence-corrected chi connectivity index (χ1v) is 13.8. The van der Waals surface area contributed by atoms with Gasteiger partial charge in [-0.1, -0.05) is 62.6 Å². The topological polar surface area (TPSA) is 9.23 Å². The zero-order valence-corrected chi connectivity index (χ0v) is 22.5. The van der Waals surface area contributed by atoms with Gasteiger partial charge >= 0.3 is 0 Å². The summed E-state index contributed by atoms with van der Waals surface area (Å²) >= 11 is 0. The smallest absolute Gasteiger partial charge is 0.201 e. The summed E-state index contributed by atoms with van der Waals surface area (Å²) in [4.78, 5) is 0. The Balaban J connectivity index is 1.37. The molecule has 0 amide bonds. The van der Waals surface area contributed by atoms with E-state index in [2.05, 4.69) is 6.92 Å². The van der Waals surface area contributed by atoms with E-state index in [4.69, 9.17) is 4.74 Å². The predicted molar refractivity (Wildman–Crippen MR) is 146 cm³/mol. The number of aryl methyl sites for hydroxylation is 1. The standard InChI is InChI=1S/C33H35F5O/c1-3-4-5-6-19-39-29-18-16-25(31(36)33(29)38)14-12-24-13-15-26(20-28(24)34)22-8-10-23(11-9-22)27-17-7-21(2)30(35)32(27)37/h7,12-18,20,22-23H,3-6,8-11,19H2,1-2H3/b14-12+. The van der Waals surface area contributed by atoms with E-state index in [9.17, 15) is 22.0 Å². The molecule has 0 heterocycles. The third-order valence-electron chi connectivity index (χ3n) is 7.74. The molecular formula is C33H35F5O. The first kappa shape index (κ1) is 28.8. The maximum Gasteiger partial charge on any atom is 0.201 e. The molecule has 1 fully saturated rings. The van der Waals surface area contributed by atoms with Gasteiger partial charge in [-0.3, -0.25) is 0 Å². The SMILES string of the molecule is CCCCCCOc1ccc(/C=C/c2ccc(C3CCC(c4ccc(C)c(F)c4F)CC3)cc2F)c(F)c1F. The number of hydrogen-bond acceptors (Lipinski definition) is 1. The Morgan fingerprint density at radius 3 is 2.13 bits per heavy atom. The Morgan fingerprint density at radius 2 is 1.41 bits per heavy atom. The fourth-order valence-corrected chi connectivity index (χ4v) is 5.32. The number of hydrogen-bond donors (Lipinski definition) is 0. The minimum Gasteiger partial charge on any atom is -0.490 e. The van der Waals surface area contributed by atoms with E-state index >= 15 is 0 Å². The molecule has 0 spiro atoms. The van der Waals surface area contributed by atoms with Crippen LogP contribution >= 0.6 is 0 Å². The van der Waals surface area contributed by atoms with Gasteiger partial charge in [0.2, 0.25) is 5.82 Å². The van der Waals surface area contributed by atoms with Crippen LogP contribution in [-0.2, 0) is 0 Å². The van der Waals surface area contributed by atoms with Gasteiger partial charge in [-0.15, -0.1) is 0 Å². The van der Waals surface area contributed by atoms with Crippen LogP contribution in [0.1, 0.15) is 97.9 Å². The molecule has 0 aliphatic heterocycles. The highest BCUT2D eigenvalue weighted by Gasteiger charge is 2.27. The number of halogens is 5. The summed E-state index contributed by atoms with van der Waals surface area (Å²) in [5.74, 6) is -4.15. The van der Waals surface area contributed by atoms with Crippen molar-refractivity contribution in [1.29, 1.82) is 0 Å². The van der Waals surface area contributed by atoms with Gasteiger partial charge in [0, 0.05) is 11.1 Å². The first-order chi connectivity index (χ1) is 18.8. The van der Waals surface area contributed by atoms with E-state index in [0.717, 1.165) is 44.1 Å². The van der Waals surface area contributed by atoms with Crippen molar-refractivity contribution in [3.63, 3.8) is 0 Å². The molecule has 3 aromatic rings. The van der Waals surface area contributed by atoms with Crippen LogP contribution in [0.4, 0.5) is 22.0 Å². The lowest BCUT2D eigenvalue weighted by molar-refractivity contribution is 0.285.